The molecule has 4 rings (SSSR count). The summed E-state index contributed by atoms with van der Waals surface area (Å²) in [6.07, 6.45) is 6.60. The quantitative estimate of drug-likeness (QED) is 0.169. The van der Waals surface area contributed by atoms with Crippen LogP contribution in [0.3, 0.4) is 0 Å². The van der Waals surface area contributed by atoms with Gasteiger partial charge in [-0.1, -0.05) is 87.4 Å². The van der Waals surface area contributed by atoms with Crippen molar-refractivity contribution in [3.63, 3.8) is 0 Å². The summed E-state index contributed by atoms with van der Waals surface area (Å²) in [4.78, 5) is 2.44. The number of unbranched alkanes of at least 4 members (excludes halogenated alkanes) is 2. The van der Waals surface area contributed by atoms with Crippen molar-refractivity contribution in [2.45, 2.75) is 59.3 Å². The first kappa shape index (κ1) is 27.6. The van der Waals surface area contributed by atoms with Crippen LogP contribution in [0.2, 0.25) is 0 Å². The minimum atomic E-state index is 0.793. The van der Waals surface area contributed by atoms with Crippen molar-refractivity contribution in [1.82, 2.24) is 19.9 Å². The number of methoxy groups -OCH3 is 1. The third-order valence-electron chi connectivity index (χ3n) is 7.40. The number of hydrogen-bond donors (Lipinski definition) is 0. The van der Waals surface area contributed by atoms with Crippen molar-refractivity contribution in [1.29, 1.82) is 0 Å². The molecular formula is C33H42N4O. The lowest BCUT2D eigenvalue weighted by Gasteiger charge is -2.17. The van der Waals surface area contributed by atoms with Crippen LogP contribution in [0.5, 0.6) is 5.75 Å². The second kappa shape index (κ2) is 13.9. The van der Waals surface area contributed by atoms with Crippen LogP contribution in [-0.2, 0) is 19.3 Å². The highest BCUT2D eigenvalue weighted by Gasteiger charge is 2.16. The van der Waals surface area contributed by atoms with E-state index in [-0.39, 0.29) is 0 Å². The minimum absolute atomic E-state index is 0.793. The normalized spacial score (nSPS) is 11.3. The summed E-state index contributed by atoms with van der Waals surface area (Å²) in [6.45, 7) is 9.77. The second-order valence-electron chi connectivity index (χ2n) is 9.90. The molecule has 4 aromatic rings. The fraction of sp³-hybridized carbons (Fsp3) is 0.394. The van der Waals surface area contributed by atoms with Gasteiger partial charge in [0, 0.05) is 19.4 Å². The van der Waals surface area contributed by atoms with Crippen molar-refractivity contribution in [3.05, 3.63) is 95.3 Å². The van der Waals surface area contributed by atoms with E-state index in [9.17, 15) is 0 Å². The number of nitrogens with zero attached hydrogens (tertiary/aromatic N) is 4. The largest absolute Gasteiger partial charge is 0.497 e. The van der Waals surface area contributed by atoms with Crippen LogP contribution in [0, 0.1) is 0 Å². The van der Waals surface area contributed by atoms with Gasteiger partial charge in [-0.05, 0) is 72.5 Å². The number of aryl methyl sites for hydroxylation is 1. The zero-order chi connectivity index (χ0) is 26.7. The molecule has 0 spiro atoms. The van der Waals surface area contributed by atoms with Gasteiger partial charge in [-0.15, -0.1) is 5.10 Å². The third kappa shape index (κ3) is 7.11. The zero-order valence-electron chi connectivity index (χ0n) is 23.5. The summed E-state index contributed by atoms with van der Waals surface area (Å²) in [6, 6.07) is 25.9. The molecule has 0 aliphatic carbocycles. The molecule has 3 aromatic carbocycles. The number of aromatic nitrogens is 3. The molecule has 1 heterocycles. The second-order valence-corrected chi connectivity index (χ2v) is 9.90. The van der Waals surface area contributed by atoms with Crippen molar-refractivity contribution in [2.24, 2.45) is 0 Å². The Kier molecular flexibility index (Phi) is 10.1. The van der Waals surface area contributed by atoms with Crippen LogP contribution in [0.15, 0.2) is 72.8 Å². The van der Waals surface area contributed by atoms with Crippen molar-refractivity contribution in [2.75, 3.05) is 26.7 Å². The van der Waals surface area contributed by atoms with Gasteiger partial charge in [0.25, 0.3) is 0 Å². The highest BCUT2D eigenvalue weighted by Crippen LogP contribution is 2.25. The van der Waals surface area contributed by atoms with Gasteiger partial charge < -0.3 is 9.64 Å². The number of hydrogen-bond acceptors (Lipinski definition) is 4. The van der Waals surface area contributed by atoms with Crippen molar-refractivity contribution >= 4 is 0 Å². The first-order chi connectivity index (χ1) is 18.6. The maximum atomic E-state index is 5.30. The minimum Gasteiger partial charge on any atom is -0.497 e. The van der Waals surface area contributed by atoms with Crippen molar-refractivity contribution in [3.8, 4) is 22.6 Å². The van der Waals surface area contributed by atoms with E-state index < -0.39 is 0 Å². The molecule has 0 bridgehead atoms. The van der Waals surface area contributed by atoms with Gasteiger partial charge in [-0.3, -0.25) is 0 Å². The maximum absolute atomic E-state index is 5.30. The molecule has 0 radical (unpaired) electrons. The molecule has 0 amide bonds. The number of rotatable bonds is 14. The molecule has 5 nitrogen and oxygen atoms in total. The first-order valence-electron chi connectivity index (χ1n) is 14.1. The Morgan fingerprint density at radius 2 is 1.37 bits per heavy atom. The predicted octanol–water partition coefficient (Wildman–Crippen LogP) is 7.15. The van der Waals surface area contributed by atoms with Gasteiger partial charge in [-0.25, -0.2) is 4.68 Å². The van der Waals surface area contributed by atoms with Crippen LogP contribution < -0.4 is 4.74 Å². The molecular weight excluding hydrogens is 468 g/mol. The van der Waals surface area contributed by atoms with Gasteiger partial charge in [0.1, 0.15) is 5.75 Å². The molecule has 200 valence electrons. The van der Waals surface area contributed by atoms with Crippen LogP contribution in [-0.4, -0.2) is 46.6 Å². The predicted molar refractivity (Wildman–Crippen MR) is 157 cm³/mol. The van der Waals surface area contributed by atoms with E-state index in [1.165, 1.54) is 47.2 Å². The Morgan fingerprint density at radius 3 is 1.97 bits per heavy atom. The van der Waals surface area contributed by atoms with Gasteiger partial charge in [-0.2, -0.15) is 0 Å². The van der Waals surface area contributed by atoms with Crippen LogP contribution in [0.4, 0.5) is 0 Å². The molecule has 0 N–H and O–H groups in total. The maximum Gasteiger partial charge on any atom is 0.118 e. The van der Waals surface area contributed by atoms with E-state index in [0.717, 1.165) is 56.0 Å². The Hall–Kier alpha value is -3.44. The summed E-state index contributed by atoms with van der Waals surface area (Å²) < 4.78 is 7.35. The topological polar surface area (TPSA) is 43.2 Å². The molecule has 0 aliphatic heterocycles. The monoisotopic (exact) mass is 510 g/mol. The summed E-state index contributed by atoms with van der Waals surface area (Å²) in [5.41, 5.74) is 8.37. The Balaban J connectivity index is 1.57. The highest BCUT2D eigenvalue weighted by molar-refractivity contribution is 5.64. The molecule has 38 heavy (non-hydrogen) atoms. The Morgan fingerprint density at radius 1 is 0.737 bits per heavy atom. The third-order valence-corrected chi connectivity index (χ3v) is 7.40. The number of ether oxygens (including phenoxy) is 1. The molecule has 0 atom stereocenters. The summed E-state index contributed by atoms with van der Waals surface area (Å²) in [5, 5.41) is 9.30. The van der Waals surface area contributed by atoms with E-state index in [0.29, 0.717) is 0 Å². The van der Waals surface area contributed by atoms with Gasteiger partial charge >= 0.3 is 0 Å². The van der Waals surface area contributed by atoms with Crippen LogP contribution in [0.1, 0.15) is 62.5 Å². The van der Waals surface area contributed by atoms with E-state index in [1.54, 1.807) is 7.11 Å². The standard InChI is InChI=1S/C33H42N4O/c1-5-8-9-10-26-13-19-30(20-14-26)37-33(32(34-35-37)23-24-36(6-2)7-3)25-27-11-15-28(16-12-27)29-17-21-31(38-4)22-18-29/h11-22H,5-10,23-25H2,1-4H3. The fourth-order valence-corrected chi connectivity index (χ4v) is 4.89. The van der Waals surface area contributed by atoms with Gasteiger partial charge in [0.2, 0.25) is 0 Å². The van der Waals surface area contributed by atoms with Crippen molar-refractivity contribution < 1.29 is 4.74 Å². The summed E-state index contributed by atoms with van der Waals surface area (Å²) >= 11 is 0. The fourth-order valence-electron chi connectivity index (χ4n) is 4.89. The lowest BCUT2D eigenvalue weighted by molar-refractivity contribution is 0.306. The molecule has 0 fully saturated rings. The lowest BCUT2D eigenvalue weighted by atomic mass is 10.0. The number of likely N-dealkylation sites (N-methyl/N-ethyl adjacent to an activating group) is 1. The van der Waals surface area contributed by atoms with E-state index >= 15 is 0 Å². The lowest BCUT2D eigenvalue weighted by Crippen LogP contribution is -2.25. The molecule has 0 saturated heterocycles. The van der Waals surface area contributed by atoms with Gasteiger partial charge in [0.15, 0.2) is 0 Å². The Labute approximate surface area is 228 Å². The molecule has 5 heteroatoms. The zero-order valence-corrected chi connectivity index (χ0v) is 23.5. The molecule has 0 unspecified atom stereocenters. The smallest absolute Gasteiger partial charge is 0.118 e. The first-order valence-corrected chi connectivity index (χ1v) is 14.1. The van der Waals surface area contributed by atoms with Crippen LogP contribution in [0.25, 0.3) is 16.8 Å². The van der Waals surface area contributed by atoms with E-state index in [2.05, 4.69) is 96.6 Å². The summed E-state index contributed by atoms with van der Waals surface area (Å²) in [7, 11) is 1.70. The SMILES string of the molecule is CCCCCc1ccc(-n2nnc(CCN(CC)CC)c2Cc2ccc(-c3ccc(OC)cc3)cc2)cc1. The highest BCUT2D eigenvalue weighted by atomic mass is 16.5. The molecule has 1 aromatic heterocycles. The number of benzene rings is 3. The molecule has 0 aliphatic rings. The Bertz CT molecular complexity index is 1240. The average molecular weight is 511 g/mol. The average Bonchev–Trinajstić information content (AvgIpc) is 3.36. The molecule has 0 saturated carbocycles. The van der Waals surface area contributed by atoms with E-state index in [4.69, 9.17) is 4.74 Å². The van der Waals surface area contributed by atoms with E-state index in [1.807, 2.05) is 16.8 Å². The van der Waals surface area contributed by atoms with Gasteiger partial charge in [0.05, 0.1) is 24.2 Å². The van der Waals surface area contributed by atoms with Crippen LogP contribution >= 0.6 is 0 Å². The summed E-state index contributed by atoms with van der Waals surface area (Å²) in [5.74, 6) is 0.873.